The van der Waals surface area contributed by atoms with Gasteiger partial charge in [-0.2, -0.15) is 13.2 Å². The van der Waals surface area contributed by atoms with Gasteiger partial charge in [-0.15, -0.1) is 0 Å². The van der Waals surface area contributed by atoms with Gasteiger partial charge >= 0.3 is 6.18 Å². The molecular weight excluding hydrogens is 253 g/mol. The van der Waals surface area contributed by atoms with Crippen molar-refractivity contribution in [3.05, 3.63) is 11.6 Å². The maximum Gasteiger partial charge on any atom is 0.392 e. The average molecular weight is 274 g/mol. The summed E-state index contributed by atoms with van der Waals surface area (Å²) in [4.78, 5) is 12.4. The molecule has 4 heteroatoms. The predicted octanol–water partition coefficient (Wildman–Crippen LogP) is 4.81. The van der Waals surface area contributed by atoms with Gasteiger partial charge in [0.15, 0.2) is 5.78 Å². The van der Waals surface area contributed by atoms with E-state index in [9.17, 15) is 18.0 Å². The van der Waals surface area contributed by atoms with Crippen molar-refractivity contribution < 1.29 is 18.0 Å². The Balaban J connectivity index is 2.13. The number of Topliss-reactive ketones (excluding diaryl/α,β-unsaturated/α-hetero) is 1. The van der Waals surface area contributed by atoms with Gasteiger partial charge in [0.2, 0.25) is 0 Å². The Hall–Kier alpha value is -0.800. The summed E-state index contributed by atoms with van der Waals surface area (Å²) in [6.07, 6.45) is 4.07. The average Bonchev–Trinajstić information content (AvgIpc) is 2.66. The van der Waals surface area contributed by atoms with E-state index >= 15 is 0 Å². The van der Waals surface area contributed by atoms with E-state index < -0.39 is 18.0 Å². The molecule has 1 fully saturated rings. The minimum atomic E-state index is -4.23. The Labute approximate surface area is 112 Å². The summed E-state index contributed by atoms with van der Waals surface area (Å²) in [6, 6.07) is 0. The number of ketones is 1. The van der Waals surface area contributed by atoms with Crippen molar-refractivity contribution in [1.82, 2.24) is 0 Å². The molecule has 0 aromatic carbocycles. The van der Waals surface area contributed by atoms with Crippen LogP contribution in [0.5, 0.6) is 0 Å². The predicted molar refractivity (Wildman–Crippen MR) is 67.7 cm³/mol. The Morgan fingerprint density at radius 1 is 1.05 bits per heavy atom. The van der Waals surface area contributed by atoms with Crippen LogP contribution < -0.4 is 0 Å². The van der Waals surface area contributed by atoms with Crippen LogP contribution in [0.3, 0.4) is 0 Å². The minimum absolute atomic E-state index is 0.118. The summed E-state index contributed by atoms with van der Waals surface area (Å²) >= 11 is 0. The number of carbonyl (C=O) groups excluding carboxylic acids is 1. The first-order valence-electron chi connectivity index (χ1n) is 7.30. The smallest absolute Gasteiger partial charge is 0.294 e. The summed E-state index contributed by atoms with van der Waals surface area (Å²) in [6.45, 7) is 0. The van der Waals surface area contributed by atoms with Gasteiger partial charge in [-0.05, 0) is 44.1 Å². The molecule has 2 atom stereocenters. The summed E-state index contributed by atoms with van der Waals surface area (Å²) in [5.41, 5.74) is 0.665. The highest BCUT2D eigenvalue weighted by molar-refractivity contribution is 5.97. The number of carbonyl (C=O) groups is 1. The van der Waals surface area contributed by atoms with Crippen LogP contribution in [0.15, 0.2) is 11.6 Å². The van der Waals surface area contributed by atoms with E-state index in [1.165, 1.54) is 0 Å². The molecule has 1 nitrogen and oxygen atoms in total. The molecular formula is C15H21F3O. The van der Waals surface area contributed by atoms with Crippen molar-refractivity contribution in [3.63, 3.8) is 0 Å². The first-order chi connectivity index (χ1) is 9.00. The Bertz CT molecular complexity index is 357. The molecule has 0 N–H and O–H groups in total. The molecule has 0 heterocycles. The van der Waals surface area contributed by atoms with Crippen molar-refractivity contribution in [2.24, 2.45) is 11.8 Å². The second kappa shape index (κ2) is 6.10. The van der Waals surface area contributed by atoms with Crippen LogP contribution in [0.25, 0.3) is 0 Å². The molecule has 19 heavy (non-hydrogen) atoms. The zero-order chi connectivity index (χ0) is 13.9. The van der Waals surface area contributed by atoms with Gasteiger partial charge in [0.25, 0.3) is 0 Å². The van der Waals surface area contributed by atoms with Gasteiger partial charge in [-0.1, -0.05) is 25.3 Å². The molecule has 0 aromatic heterocycles. The summed E-state index contributed by atoms with van der Waals surface area (Å²) in [5, 5.41) is 0. The van der Waals surface area contributed by atoms with Crippen LogP contribution in [-0.2, 0) is 4.79 Å². The topological polar surface area (TPSA) is 17.1 Å². The first-order valence-corrected chi connectivity index (χ1v) is 7.30. The van der Waals surface area contributed by atoms with Crippen molar-refractivity contribution in [3.8, 4) is 0 Å². The molecule has 1 saturated carbocycles. The highest BCUT2D eigenvalue weighted by Crippen LogP contribution is 2.43. The van der Waals surface area contributed by atoms with Gasteiger partial charge in [-0.25, -0.2) is 0 Å². The standard InChI is InChI=1S/C15H21F3O/c16-15(17,18)13-10-6-5-9-12(13)14(19)11-7-3-1-2-4-8-11/h7,12-13H,1-6,8-10H2. The maximum atomic E-state index is 13.0. The second-order valence-electron chi connectivity index (χ2n) is 5.73. The lowest BCUT2D eigenvalue weighted by atomic mass is 9.74. The van der Waals surface area contributed by atoms with E-state index in [-0.39, 0.29) is 12.2 Å². The molecule has 0 aromatic rings. The fourth-order valence-electron chi connectivity index (χ4n) is 3.31. The molecule has 2 aliphatic carbocycles. The van der Waals surface area contributed by atoms with Gasteiger partial charge < -0.3 is 0 Å². The van der Waals surface area contributed by atoms with Gasteiger partial charge in [0, 0.05) is 5.92 Å². The lowest BCUT2D eigenvalue weighted by Crippen LogP contribution is -2.37. The molecule has 0 amide bonds. The van der Waals surface area contributed by atoms with Crippen LogP contribution in [0.4, 0.5) is 13.2 Å². The third-order valence-corrected chi connectivity index (χ3v) is 4.38. The number of allylic oxidation sites excluding steroid dienone is 2. The molecule has 2 aliphatic rings. The highest BCUT2D eigenvalue weighted by atomic mass is 19.4. The van der Waals surface area contributed by atoms with Crippen LogP contribution in [0.1, 0.15) is 57.8 Å². The fraction of sp³-hybridized carbons (Fsp3) is 0.800. The monoisotopic (exact) mass is 274 g/mol. The SMILES string of the molecule is O=C(C1=CCCCCC1)C1CCCCC1C(F)(F)F. The van der Waals surface area contributed by atoms with Crippen LogP contribution >= 0.6 is 0 Å². The lowest BCUT2D eigenvalue weighted by Gasteiger charge is -2.32. The lowest BCUT2D eigenvalue weighted by molar-refractivity contribution is -0.196. The van der Waals surface area contributed by atoms with Crippen LogP contribution in [-0.4, -0.2) is 12.0 Å². The third-order valence-electron chi connectivity index (χ3n) is 4.38. The van der Waals surface area contributed by atoms with E-state index in [0.29, 0.717) is 24.8 Å². The quantitative estimate of drug-likeness (QED) is 0.706. The molecule has 2 rings (SSSR count). The van der Waals surface area contributed by atoms with Gasteiger partial charge in [-0.3, -0.25) is 4.79 Å². The number of hydrogen-bond acceptors (Lipinski definition) is 1. The van der Waals surface area contributed by atoms with E-state index in [0.717, 1.165) is 32.1 Å². The molecule has 0 aliphatic heterocycles. The number of hydrogen-bond donors (Lipinski definition) is 0. The van der Waals surface area contributed by atoms with Crippen molar-refractivity contribution in [1.29, 1.82) is 0 Å². The van der Waals surface area contributed by atoms with E-state index in [1.54, 1.807) is 0 Å². The third kappa shape index (κ3) is 3.61. The Kier molecular flexibility index (Phi) is 4.69. The first kappa shape index (κ1) is 14.6. The summed E-state index contributed by atoms with van der Waals surface area (Å²) < 4.78 is 39.1. The van der Waals surface area contributed by atoms with Gasteiger partial charge in [0.1, 0.15) is 0 Å². The number of alkyl halides is 3. The van der Waals surface area contributed by atoms with E-state index in [2.05, 4.69) is 0 Å². The Morgan fingerprint density at radius 2 is 1.79 bits per heavy atom. The van der Waals surface area contributed by atoms with Gasteiger partial charge in [0.05, 0.1) is 5.92 Å². The Morgan fingerprint density at radius 3 is 2.53 bits per heavy atom. The molecule has 0 radical (unpaired) electrons. The molecule has 0 saturated heterocycles. The maximum absolute atomic E-state index is 13.0. The fourth-order valence-corrected chi connectivity index (χ4v) is 3.31. The number of halogens is 3. The van der Waals surface area contributed by atoms with E-state index in [1.807, 2.05) is 6.08 Å². The summed E-state index contributed by atoms with van der Waals surface area (Å²) in [5.74, 6) is -2.46. The number of rotatable bonds is 2. The largest absolute Gasteiger partial charge is 0.392 e. The summed E-state index contributed by atoms with van der Waals surface area (Å²) in [7, 11) is 0. The minimum Gasteiger partial charge on any atom is -0.294 e. The molecule has 0 bridgehead atoms. The molecule has 0 spiro atoms. The second-order valence-corrected chi connectivity index (χ2v) is 5.73. The van der Waals surface area contributed by atoms with Crippen LogP contribution in [0, 0.1) is 11.8 Å². The normalized spacial score (nSPS) is 29.5. The van der Waals surface area contributed by atoms with Crippen molar-refractivity contribution in [2.45, 2.75) is 64.0 Å². The highest BCUT2D eigenvalue weighted by Gasteiger charge is 2.48. The van der Waals surface area contributed by atoms with E-state index in [4.69, 9.17) is 0 Å². The van der Waals surface area contributed by atoms with Crippen LogP contribution in [0.2, 0.25) is 0 Å². The zero-order valence-corrected chi connectivity index (χ0v) is 11.1. The van der Waals surface area contributed by atoms with Crippen molar-refractivity contribution >= 4 is 5.78 Å². The van der Waals surface area contributed by atoms with Crippen molar-refractivity contribution in [2.75, 3.05) is 0 Å². The molecule has 2 unspecified atom stereocenters. The molecule has 108 valence electrons. The zero-order valence-electron chi connectivity index (χ0n) is 11.1.